The van der Waals surface area contributed by atoms with Gasteiger partial charge in [-0.05, 0) is 49.6 Å². The van der Waals surface area contributed by atoms with E-state index in [0.717, 1.165) is 29.5 Å². The van der Waals surface area contributed by atoms with Gasteiger partial charge in [0.1, 0.15) is 5.75 Å². The summed E-state index contributed by atoms with van der Waals surface area (Å²) in [5.74, 6) is 0.442. The lowest BCUT2D eigenvalue weighted by Gasteiger charge is -2.50. The highest BCUT2D eigenvalue weighted by Gasteiger charge is 2.50. The fraction of sp³-hybridized carbons (Fsp3) is 0.474. The van der Waals surface area contributed by atoms with Crippen molar-refractivity contribution in [2.24, 2.45) is 5.92 Å². The average molecular weight is 374 g/mol. The summed E-state index contributed by atoms with van der Waals surface area (Å²) in [5, 5.41) is 13.2. The number of hydrogen-bond donors (Lipinski definition) is 3. The van der Waals surface area contributed by atoms with Crippen molar-refractivity contribution in [2.45, 2.75) is 36.5 Å². The van der Waals surface area contributed by atoms with Gasteiger partial charge in [-0.2, -0.15) is 11.8 Å². The lowest BCUT2D eigenvalue weighted by atomic mass is 9.70. The molecule has 2 aliphatic rings. The van der Waals surface area contributed by atoms with Crippen LogP contribution in [0.2, 0.25) is 0 Å². The Kier molecular flexibility index (Phi) is 4.34. The molecule has 1 aliphatic heterocycles. The lowest BCUT2D eigenvalue weighted by molar-refractivity contribution is -0.145. The number of hydrogen-bond acceptors (Lipinski definition) is 4. The first-order valence-electron chi connectivity index (χ1n) is 8.83. The number of fused-ring (bicyclic) bond motifs is 1. The van der Waals surface area contributed by atoms with Gasteiger partial charge in [-0.15, -0.1) is 0 Å². The normalized spacial score (nSPS) is 27.9. The molecule has 3 N–H and O–H groups in total. The Morgan fingerprint density at radius 3 is 2.85 bits per heavy atom. The molecule has 26 heavy (non-hydrogen) atoms. The predicted molar refractivity (Wildman–Crippen MR) is 101 cm³/mol. The highest BCUT2D eigenvalue weighted by molar-refractivity contribution is 8.00. The zero-order chi connectivity index (χ0) is 18.3. The van der Waals surface area contributed by atoms with Gasteiger partial charge in [-0.25, -0.2) is 0 Å². The molecule has 2 heterocycles. The molecule has 4 rings (SSSR count). The number of carboxylic acid groups (broad SMARTS) is 1. The molecule has 2 aromatic rings. The maximum absolute atomic E-state index is 13.0. The second-order valence-corrected chi connectivity index (χ2v) is 8.78. The Morgan fingerprint density at radius 1 is 1.31 bits per heavy atom. The maximum atomic E-state index is 13.0. The Morgan fingerprint density at radius 2 is 2.12 bits per heavy atom. The van der Waals surface area contributed by atoms with Crippen LogP contribution in [0.15, 0.2) is 24.4 Å². The van der Waals surface area contributed by atoms with E-state index in [9.17, 15) is 9.59 Å². The molecule has 0 radical (unpaired) electrons. The minimum absolute atomic E-state index is 0.0173. The van der Waals surface area contributed by atoms with E-state index in [4.69, 9.17) is 9.84 Å². The van der Waals surface area contributed by atoms with Crippen molar-refractivity contribution in [3.05, 3.63) is 30.0 Å². The number of benzene rings is 1. The molecule has 138 valence electrons. The number of methoxy groups -OCH3 is 1. The monoisotopic (exact) mass is 374 g/mol. The molecule has 1 amide bonds. The number of amides is 1. The van der Waals surface area contributed by atoms with Crippen molar-refractivity contribution in [3.8, 4) is 5.75 Å². The number of rotatable bonds is 4. The number of carboxylic acids is 1. The van der Waals surface area contributed by atoms with E-state index in [1.807, 2.05) is 30.1 Å². The highest BCUT2D eigenvalue weighted by Crippen LogP contribution is 2.53. The van der Waals surface area contributed by atoms with Crippen LogP contribution < -0.4 is 10.1 Å². The minimum Gasteiger partial charge on any atom is -0.496 e. The number of nitrogens with one attached hydrogen (secondary N) is 2. The molecule has 7 heteroatoms. The van der Waals surface area contributed by atoms with Gasteiger partial charge >= 0.3 is 5.97 Å². The number of ether oxygens (including phenoxy) is 1. The fourth-order valence-corrected chi connectivity index (χ4v) is 6.02. The van der Waals surface area contributed by atoms with Gasteiger partial charge in [0.05, 0.1) is 18.6 Å². The first kappa shape index (κ1) is 17.3. The Balaban J connectivity index is 1.50. The van der Waals surface area contributed by atoms with Crippen LogP contribution in [-0.4, -0.2) is 45.6 Å². The molecule has 1 atom stereocenters. The molecule has 1 aromatic carbocycles. The molecular formula is C19H22N2O4S. The van der Waals surface area contributed by atoms with E-state index in [1.165, 1.54) is 0 Å². The van der Waals surface area contributed by atoms with E-state index in [-0.39, 0.29) is 22.6 Å². The van der Waals surface area contributed by atoms with Crippen LogP contribution in [0.4, 0.5) is 0 Å². The molecule has 1 saturated heterocycles. The lowest BCUT2D eigenvalue weighted by Crippen LogP contribution is -2.52. The Bertz CT molecular complexity index is 856. The van der Waals surface area contributed by atoms with Crippen LogP contribution >= 0.6 is 11.8 Å². The summed E-state index contributed by atoms with van der Waals surface area (Å²) in [6, 6.07) is 5.65. The third-order valence-corrected chi connectivity index (χ3v) is 7.11. The number of aliphatic carboxylic acids is 1. The number of aromatic amines is 1. The van der Waals surface area contributed by atoms with Crippen molar-refractivity contribution in [1.29, 1.82) is 0 Å². The summed E-state index contributed by atoms with van der Waals surface area (Å²) >= 11 is 1.87. The first-order valence-corrected chi connectivity index (χ1v) is 9.81. The van der Waals surface area contributed by atoms with Crippen molar-refractivity contribution in [3.63, 3.8) is 0 Å². The molecule has 1 aromatic heterocycles. The SMILES string of the molecule is COc1ccc2[nH]ccc2c1C(=O)NC1CCSC2(C1)CC(C(=O)O)C2. The molecule has 1 spiro atoms. The van der Waals surface area contributed by atoms with Gasteiger partial charge in [-0.3, -0.25) is 9.59 Å². The summed E-state index contributed by atoms with van der Waals surface area (Å²) in [6.07, 6.45) is 4.96. The van der Waals surface area contributed by atoms with Crippen molar-refractivity contribution >= 4 is 34.5 Å². The largest absolute Gasteiger partial charge is 0.496 e. The van der Waals surface area contributed by atoms with Gasteiger partial charge in [0.2, 0.25) is 0 Å². The van der Waals surface area contributed by atoms with Crippen LogP contribution in [0.25, 0.3) is 10.9 Å². The summed E-state index contributed by atoms with van der Waals surface area (Å²) in [6.45, 7) is 0. The van der Waals surface area contributed by atoms with Crippen molar-refractivity contribution in [2.75, 3.05) is 12.9 Å². The average Bonchev–Trinajstić information content (AvgIpc) is 3.07. The van der Waals surface area contributed by atoms with Crippen LogP contribution in [0.1, 0.15) is 36.0 Å². The number of aromatic nitrogens is 1. The number of carbonyl (C=O) groups excluding carboxylic acids is 1. The summed E-state index contributed by atoms with van der Waals surface area (Å²) in [7, 11) is 1.57. The van der Waals surface area contributed by atoms with Crippen molar-refractivity contribution < 1.29 is 19.4 Å². The van der Waals surface area contributed by atoms with Gasteiger partial charge in [-0.1, -0.05) is 0 Å². The summed E-state index contributed by atoms with van der Waals surface area (Å²) in [5.41, 5.74) is 1.45. The summed E-state index contributed by atoms with van der Waals surface area (Å²) < 4.78 is 5.42. The molecule has 1 unspecified atom stereocenters. The third-order valence-electron chi connectivity index (χ3n) is 5.56. The molecule has 0 bridgehead atoms. The van der Waals surface area contributed by atoms with Crippen LogP contribution in [-0.2, 0) is 4.79 Å². The number of thioether (sulfide) groups is 1. The van der Waals surface area contributed by atoms with Crippen molar-refractivity contribution in [1.82, 2.24) is 10.3 Å². The van der Waals surface area contributed by atoms with E-state index >= 15 is 0 Å². The second-order valence-electron chi connectivity index (χ2n) is 7.22. The van der Waals surface area contributed by atoms with E-state index in [1.54, 1.807) is 13.2 Å². The van der Waals surface area contributed by atoms with Gasteiger partial charge < -0.3 is 20.1 Å². The second kappa shape index (κ2) is 6.54. The van der Waals surface area contributed by atoms with E-state index in [0.29, 0.717) is 24.2 Å². The minimum atomic E-state index is -0.703. The van der Waals surface area contributed by atoms with Crippen LogP contribution in [0, 0.1) is 5.92 Å². The summed E-state index contributed by atoms with van der Waals surface area (Å²) in [4.78, 5) is 27.2. The van der Waals surface area contributed by atoms with Crippen LogP contribution in [0.3, 0.4) is 0 Å². The Labute approximate surface area is 155 Å². The van der Waals surface area contributed by atoms with Gasteiger partial charge in [0.15, 0.2) is 0 Å². The quantitative estimate of drug-likeness (QED) is 0.765. The maximum Gasteiger partial charge on any atom is 0.306 e. The fourth-order valence-electron chi connectivity index (χ4n) is 4.22. The predicted octanol–water partition coefficient (Wildman–Crippen LogP) is 3.04. The molecule has 6 nitrogen and oxygen atoms in total. The molecule has 2 fully saturated rings. The molecular weight excluding hydrogens is 352 g/mol. The zero-order valence-corrected chi connectivity index (χ0v) is 15.4. The smallest absolute Gasteiger partial charge is 0.306 e. The van der Waals surface area contributed by atoms with E-state index in [2.05, 4.69) is 10.3 Å². The molecule has 1 aliphatic carbocycles. The van der Waals surface area contributed by atoms with Gasteiger partial charge in [0, 0.05) is 27.9 Å². The third kappa shape index (κ3) is 2.94. The standard InChI is InChI=1S/C19H22N2O4S/c1-25-15-3-2-14-13(4-6-20-14)16(15)17(22)21-12-5-7-26-19(10-12)8-11(9-19)18(23)24/h2-4,6,11-12,20H,5,7-10H2,1H3,(H,21,22)(H,23,24). The highest BCUT2D eigenvalue weighted by atomic mass is 32.2. The topological polar surface area (TPSA) is 91.4 Å². The first-order chi connectivity index (χ1) is 12.5. The Hall–Kier alpha value is -2.15. The van der Waals surface area contributed by atoms with Crippen LogP contribution in [0.5, 0.6) is 5.75 Å². The number of H-pyrrole nitrogens is 1. The van der Waals surface area contributed by atoms with E-state index < -0.39 is 5.97 Å². The molecule has 1 saturated carbocycles. The van der Waals surface area contributed by atoms with Gasteiger partial charge in [0.25, 0.3) is 5.91 Å². The number of carbonyl (C=O) groups is 2. The zero-order valence-electron chi connectivity index (χ0n) is 14.6.